The summed E-state index contributed by atoms with van der Waals surface area (Å²) in [5.74, 6) is 0.421. The Labute approximate surface area is 162 Å². The normalized spacial score (nSPS) is 12.9. The molecule has 0 saturated carbocycles. The Morgan fingerprint density at radius 1 is 1.07 bits per heavy atom. The molecule has 0 spiro atoms. The molecule has 0 unspecified atom stereocenters. The van der Waals surface area contributed by atoms with Crippen LogP contribution in [0.5, 0.6) is 0 Å². The number of hydrogen-bond donors (Lipinski definition) is 1. The van der Waals surface area contributed by atoms with Gasteiger partial charge in [0.25, 0.3) is 0 Å². The smallest absolute Gasteiger partial charge is 0.0917 e. The van der Waals surface area contributed by atoms with Crippen molar-refractivity contribution in [2.24, 2.45) is 0 Å². The van der Waals surface area contributed by atoms with E-state index in [1.54, 1.807) is 0 Å². The number of aliphatic hydroxyl groups is 1. The molecule has 27 heavy (non-hydrogen) atoms. The van der Waals surface area contributed by atoms with Crippen LogP contribution in [0.1, 0.15) is 68.6 Å². The molecule has 1 N–H and O–H groups in total. The predicted molar refractivity (Wildman–Crippen MR) is 112 cm³/mol. The third kappa shape index (κ3) is 3.63. The van der Waals surface area contributed by atoms with Gasteiger partial charge < -0.3 is 9.67 Å². The number of pyridine rings is 2. The van der Waals surface area contributed by atoms with Crippen molar-refractivity contribution in [2.45, 2.75) is 66.3 Å². The lowest BCUT2D eigenvalue weighted by Crippen LogP contribution is -2.06. The van der Waals surface area contributed by atoms with Crippen LogP contribution in [0.25, 0.3) is 22.3 Å². The number of aromatic nitrogens is 3. The fraction of sp³-hybridized carbons (Fsp3) is 0.478. The molecule has 3 aromatic rings. The van der Waals surface area contributed by atoms with Gasteiger partial charge in [0.1, 0.15) is 0 Å². The third-order valence-electron chi connectivity index (χ3n) is 5.38. The first-order chi connectivity index (χ1) is 12.9. The van der Waals surface area contributed by atoms with E-state index in [1.165, 1.54) is 5.56 Å². The van der Waals surface area contributed by atoms with Gasteiger partial charge in [-0.25, -0.2) is 4.98 Å². The van der Waals surface area contributed by atoms with Crippen molar-refractivity contribution < 1.29 is 5.11 Å². The molecule has 3 aromatic heterocycles. The molecule has 3 rings (SSSR count). The van der Waals surface area contributed by atoms with E-state index in [9.17, 15) is 5.11 Å². The number of aryl methyl sites for hydroxylation is 3. The van der Waals surface area contributed by atoms with Gasteiger partial charge in [-0.05, 0) is 68.9 Å². The third-order valence-corrected chi connectivity index (χ3v) is 5.38. The maximum Gasteiger partial charge on any atom is 0.0917 e. The van der Waals surface area contributed by atoms with Crippen molar-refractivity contribution in [1.29, 1.82) is 0 Å². The first-order valence-corrected chi connectivity index (χ1v) is 9.97. The highest BCUT2D eigenvalue weighted by atomic mass is 16.3. The van der Waals surface area contributed by atoms with Crippen LogP contribution >= 0.6 is 0 Å². The lowest BCUT2D eigenvalue weighted by molar-refractivity contribution is 0.264. The zero-order chi connectivity index (χ0) is 19.7. The summed E-state index contributed by atoms with van der Waals surface area (Å²) in [5.41, 5.74) is 8.91. The number of rotatable bonds is 6. The second kappa shape index (κ2) is 7.81. The van der Waals surface area contributed by atoms with Crippen molar-refractivity contribution in [2.75, 3.05) is 6.61 Å². The fourth-order valence-corrected chi connectivity index (χ4v) is 3.71. The van der Waals surface area contributed by atoms with Gasteiger partial charge in [0, 0.05) is 35.8 Å². The van der Waals surface area contributed by atoms with E-state index in [2.05, 4.69) is 70.5 Å². The van der Waals surface area contributed by atoms with Crippen LogP contribution in [0.2, 0.25) is 0 Å². The fourth-order valence-electron chi connectivity index (χ4n) is 3.71. The van der Waals surface area contributed by atoms with Crippen molar-refractivity contribution in [3.8, 4) is 11.3 Å². The maximum absolute atomic E-state index is 9.31. The van der Waals surface area contributed by atoms with Crippen LogP contribution in [0.4, 0.5) is 0 Å². The molecule has 0 amide bonds. The molecule has 0 saturated heterocycles. The number of hydrogen-bond acceptors (Lipinski definition) is 3. The zero-order valence-electron chi connectivity index (χ0n) is 17.4. The van der Waals surface area contributed by atoms with Crippen molar-refractivity contribution in [3.05, 3.63) is 46.9 Å². The highest BCUT2D eigenvalue weighted by Crippen LogP contribution is 2.32. The summed E-state index contributed by atoms with van der Waals surface area (Å²) in [7, 11) is 0. The van der Waals surface area contributed by atoms with Crippen LogP contribution < -0.4 is 0 Å². The Bertz CT molecular complexity index is 956. The van der Waals surface area contributed by atoms with Gasteiger partial charge in [0.2, 0.25) is 0 Å². The summed E-state index contributed by atoms with van der Waals surface area (Å²) in [5, 5.41) is 9.31. The van der Waals surface area contributed by atoms with E-state index in [1.807, 2.05) is 0 Å². The van der Waals surface area contributed by atoms with E-state index < -0.39 is 0 Å². The van der Waals surface area contributed by atoms with Gasteiger partial charge in [0.15, 0.2) is 0 Å². The quantitative estimate of drug-likeness (QED) is 0.641. The SMILES string of the molecule is CCc1nc(C(C)C)ccc1-c1nc2c(C)cn([C@@H](C)CCO)c2cc1C. The van der Waals surface area contributed by atoms with Crippen LogP contribution in [0.15, 0.2) is 24.4 Å². The summed E-state index contributed by atoms with van der Waals surface area (Å²) in [6.07, 6.45) is 3.79. The van der Waals surface area contributed by atoms with Crippen LogP contribution in [-0.2, 0) is 6.42 Å². The van der Waals surface area contributed by atoms with Crippen molar-refractivity contribution in [1.82, 2.24) is 14.5 Å². The average molecular weight is 366 g/mol. The first-order valence-electron chi connectivity index (χ1n) is 9.97. The van der Waals surface area contributed by atoms with Crippen LogP contribution in [-0.4, -0.2) is 26.2 Å². The Hall–Kier alpha value is -2.20. The second-order valence-corrected chi connectivity index (χ2v) is 7.84. The summed E-state index contributed by atoms with van der Waals surface area (Å²) < 4.78 is 2.24. The molecule has 0 fully saturated rings. The maximum atomic E-state index is 9.31. The minimum absolute atomic E-state index is 0.193. The average Bonchev–Trinajstić information content (AvgIpc) is 2.96. The molecular formula is C23H31N3O. The standard InChI is InChI=1S/C23H31N3O/c1-7-19-18(8-9-20(24-19)14(2)3)22-15(4)12-21-23(25-22)16(5)13-26(21)17(6)10-11-27/h8-9,12-14,17,27H,7,10-11H2,1-6H3/t17-/m0/s1. The molecule has 1 atom stereocenters. The topological polar surface area (TPSA) is 50.9 Å². The zero-order valence-corrected chi connectivity index (χ0v) is 17.4. The minimum atomic E-state index is 0.193. The molecule has 144 valence electrons. The summed E-state index contributed by atoms with van der Waals surface area (Å²) in [6.45, 7) is 13.1. The first kappa shape index (κ1) is 19.6. The van der Waals surface area contributed by atoms with Gasteiger partial charge in [0.05, 0.1) is 16.7 Å². The van der Waals surface area contributed by atoms with Gasteiger partial charge in [-0.1, -0.05) is 20.8 Å². The Balaban J connectivity index is 2.17. The molecule has 0 aliphatic rings. The number of nitrogens with zero attached hydrogens (tertiary/aromatic N) is 3. The lowest BCUT2D eigenvalue weighted by atomic mass is 10.0. The van der Waals surface area contributed by atoms with Crippen LogP contribution in [0, 0.1) is 13.8 Å². The number of aliphatic hydroxyl groups excluding tert-OH is 1. The van der Waals surface area contributed by atoms with E-state index >= 15 is 0 Å². The highest BCUT2D eigenvalue weighted by molar-refractivity contribution is 5.84. The summed E-state index contributed by atoms with van der Waals surface area (Å²) in [4.78, 5) is 9.96. The lowest BCUT2D eigenvalue weighted by Gasteiger charge is -2.16. The predicted octanol–water partition coefficient (Wildman–Crippen LogP) is 5.34. The Kier molecular flexibility index (Phi) is 5.66. The van der Waals surface area contributed by atoms with Gasteiger partial charge >= 0.3 is 0 Å². The Morgan fingerprint density at radius 2 is 1.81 bits per heavy atom. The Morgan fingerprint density at radius 3 is 2.44 bits per heavy atom. The van der Waals surface area contributed by atoms with E-state index in [-0.39, 0.29) is 12.6 Å². The van der Waals surface area contributed by atoms with E-state index in [4.69, 9.17) is 9.97 Å². The molecule has 0 aliphatic carbocycles. The second-order valence-electron chi connectivity index (χ2n) is 7.84. The highest BCUT2D eigenvalue weighted by Gasteiger charge is 2.17. The molecule has 4 heteroatoms. The minimum Gasteiger partial charge on any atom is -0.396 e. The van der Waals surface area contributed by atoms with E-state index in [0.717, 1.165) is 52.1 Å². The van der Waals surface area contributed by atoms with Gasteiger partial charge in [-0.2, -0.15) is 0 Å². The molecular weight excluding hydrogens is 334 g/mol. The summed E-state index contributed by atoms with van der Waals surface area (Å²) >= 11 is 0. The van der Waals surface area contributed by atoms with Crippen molar-refractivity contribution >= 4 is 11.0 Å². The largest absolute Gasteiger partial charge is 0.396 e. The van der Waals surface area contributed by atoms with Gasteiger partial charge in [-0.15, -0.1) is 0 Å². The molecule has 3 heterocycles. The van der Waals surface area contributed by atoms with Crippen LogP contribution in [0.3, 0.4) is 0 Å². The molecule has 0 bridgehead atoms. The van der Waals surface area contributed by atoms with Gasteiger partial charge in [-0.3, -0.25) is 4.98 Å². The summed E-state index contributed by atoms with van der Waals surface area (Å²) in [6, 6.07) is 6.79. The molecule has 4 nitrogen and oxygen atoms in total. The molecule has 0 aromatic carbocycles. The molecule has 0 aliphatic heterocycles. The molecule has 0 radical (unpaired) electrons. The monoisotopic (exact) mass is 365 g/mol. The number of fused-ring (bicyclic) bond motifs is 1. The van der Waals surface area contributed by atoms with E-state index in [0.29, 0.717) is 5.92 Å². The van der Waals surface area contributed by atoms with Crippen molar-refractivity contribution in [3.63, 3.8) is 0 Å².